The highest BCUT2D eigenvalue weighted by Gasteiger charge is 2.21. The second kappa shape index (κ2) is 10.7. The summed E-state index contributed by atoms with van der Waals surface area (Å²) in [5.41, 5.74) is 6.78. The molecule has 0 aliphatic heterocycles. The minimum Gasteiger partial charge on any atom is -0.456 e. The van der Waals surface area contributed by atoms with Crippen LogP contribution in [0.25, 0.3) is 106 Å². The topological polar surface area (TPSA) is 69.9 Å². The highest BCUT2D eigenvalue weighted by atomic mass is 16.3. The molecule has 51 heavy (non-hydrogen) atoms. The Kier molecular flexibility index (Phi) is 4.91. The van der Waals surface area contributed by atoms with Crippen LogP contribution in [0.2, 0.25) is 0 Å². The van der Waals surface area contributed by atoms with Crippen molar-refractivity contribution in [3.05, 3.63) is 158 Å². The lowest BCUT2D eigenvalue weighted by Crippen LogP contribution is -2.00. The first-order chi connectivity index (χ1) is 27.4. The molecule has 11 aromatic rings. The fraction of sp³-hybridized carbons (Fsp3) is 0. The van der Waals surface area contributed by atoms with Crippen molar-refractivity contribution >= 4 is 65.7 Å². The Balaban J connectivity index is 1.17. The molecule has 0 aliphatic rings. The fourth-order valence-corrected chi connectivity index (χ4v) is 7.35. The lowest BCUT2D eigenvalue weighted by molar-refractivity contribution is 0.668. The van der Waals surface area contributed by atoms with Crippen molar-refractivity contribution in [2.24, 2.45) is 0 Å². The maximum atomic E-state index is 8.81. The van der Waals surface area contributed by atoms with E-state index in [4.69, 9.17) is 30.6 Å². The number of aromatic nitrogens is 4. The highest BCUT2D eigenvalue weighted by molar-refractivity contribution is 6.13. The third-order valence-corrected chi connectivity index (χ3v) is 9.56. The van der Waals surface area contributed by atoms with Crippen molar-refractivity contribution in [3.63, 3.8) is 0 Å². The SMILES string of the molecule is [2H]c1c([2H])c([2H])c(-c2nc(-c3cccc4c3oc3ccc(-n5c6ccccc6c6ccccc65)cc34)nc(-c3cccc4oc5ccccc5c34)n2)c([2H])c1[2H]. The lowest BCUT2D eigenvalue weighted by atomic mass is 10.0. The van der Waals surface area contributed by atoms with Gasteiger partial charge in [-0.25, -0.2) is 15.0 Å². The van der Waals surface area contributed by atoms with Crippen LogP contribution in [0.3, 0.4) is 0 Å². The van der Waals surface area contributed by atoms with Gasteiger partial charge in [0, 0.05) is 49.1 Å². The van der Waals surface area contributed by atoms with Crippen molar-refractivity contribution in [2.75, 3.05) is 0 Å². The molecule has 0 fully saturated rings. The third-order valence-electron chi connectivity index (χ3n) is 9.56. The van der Waals surface area contributed by atoms with Gasteiger partial charge in [-0.1, -0.05) is 109 Å². The molecule has 4 aromatic heterocycles. The number of rotatable bonds is 4. The van der Waals surface area contributed by atoms with Gasteiger partial charge in [-0.2, -0.15) is 0 Å². The molecule has 0 radical (unpaired) electrons. The van der Waals surface area contributed by atoms with Crippen LogP contribution in [0.4, 0.5) is 0 Å². The van der Waals surface area contributed by atoms with Gasteiger partial charge in [-0.05, 0) is 48.5 Å². The van der Waals surface area contributed by atoms with E-state index in [1.54, 1.807) is 0 Å². The summed E-state index contributed by atoms with van der Waals surface area (Å²) in [5.74, 6) is 0.401. The summed E-state index contributed by atoms with van der Waals surface area (Å²) in [6.07, 6.45) is 0. The molecular weight excluding hydrogens is 629 g/mol. The van der Waals surface area contributed by atoms with E-state index >= 15 is 0 Å². The van der Waals surface area contributed by atoms with E-state index < -0.39 is 30.2 Å². The summed E-state index contributed by atoms with van der Waals surface area (Å²) in [6.45, 7) is 0. The zero-order chi connectivity index (χ0) is 37.8. The summed E-state index contributed by atoms with van der Waals surface area (Å²) in [4.78, 5) is 14.7. The van der Waals surface area contributed by atoms with E-state index in [2.05, 4.69) is 53.1 Å². The van der Waals surface area contributed by atoms with Crippen molar-refractivity contribution in [2.45, 2.75) is 0 Å². The summed E-state index contributed by atoms with van der Waals surface area (Å²) < 4.78 is 57.7. The number of nitrogens with zero attached hydrogens (tertiary/aromatic N) is 4. The molecule has 0 amide bonds. The van der Waals surface area contributed by atoms with Crippen molar-refractivity contribution in [1.82, 2.24) is 19.5 Å². The van der Waals surface area contributed by atoms with E-state index in [9.17, 15) is 0 Å². The molecule has 0 saturated heterocycles. The van der Waals surface area contributed by atoms with Crippen molar-refractivity contribution < 1.29 is 15.7 Å². The number of hydrogen-bond donors (Lipinski definition) is 0. The molecule has 0 atom stereocenters. The van der Waals surface area contributed by atoms with E-state index in [0.29, 0.717) is 33.5 Å². The molecule has 0 N–H and O–H groups in total. The number of para-hydroxylation sites is 4. The Hall–Kier alpha value is -7.05. The van der Waals surface area contributed by atoms with Crippen LogP contribution in [-0.4, -0.2) is 19.5 Å². The van der Waals surface area contributed by atoms with Crippen LogP contribution >= 0.6 is 0 Å². The van der Waals surface area contributed by atoms with Crippen LogP contribution < -0.4 is 0 Å². The van der Waals surface area contributed by atoms with E-state index in [0.717, 1.165) is 38.3 Å². The molecule has 11 rings (SSSR count). The highest BCUT2D eigenvalue weighted by Crippen LogP contribution is 2.40. The van der Waals surface area contributed by atoms with Gasteiger partial charge in [-0.3, -0.25) is 0 Å². The quantitative estimate of drug-likeness (QED) is 0.188. The second-order valence-corrected chi connectivity index (χ2v) is 12.4. The van der Waals surface area contributed by atoms with Crippen LogP contribution in [0.15, 0.2) is 166 Å². The zero-order valence-electron chi connectivity index (χ0n) is 31.7. The third kappa shape index (κ3) is 4.20. The molecule has 7 aromatic carbocycles. The van der Waals surface area contributed by atoms with Gasteiger partial charge < -0.3 is 13.4 Å². The first-order valence-corrected chi connectivity index (χ1v) is 16.5. The van der Waals surface area contributed by atoms with E-state index in [1.807, 2.05) is 78.9 Å². The van der Waals surface area contributed by atoms with Gasteiger partial charge in [0.15, 0.2) is 17.5 Å². The average Bonchev–Trinajstić information content (AvgIpc) is 3.91. The molecule has 0 unspecified atom stereocenters. The predicted molar refractivity (Wildman–Crippen MR) is 205 cm³/mol. The largest absolute Gasteiger partial charge is 0.456 e. The van der Waals surface area contributed by atoms with Crippen molar-refractivity contribution in [3.8, 4) is 39.9 Å². The Bertz CT molecular complexity index is 3380. The fourth-order valence-electron chi connectivity index (χ4n) is 7.35. The second-order valence-electron chi connectivity index (χ2n) is 12.4. The van der Waals surface area contributed by atoms with Crippen LogP contribution in [-0.2, 0) is 0 Å². The molecule has 0 spiro atoms. The first-order valence-electron chi connectivity index (χ1n) is 19.0. The Morgan fingerprint density at radius 3 is 1.88 bits per heavy atom. The Labute approximate surface area is 297 Å². The van der Waals surface area contributed by atoms with Gasteiger partial charge in [0.25, 0.3) is 0 Å². The van der Waals surface area contributed by atoms with E-state index in [-0.39, 0.29) is 23.0 Å². The van der Waals surface area contributed by atoms with E-state index in [1.165, 1.54) is 10.8 Å². The molecule has 0 aliphatic carbocycles. The number of furan rings is 2. The minimum absolute atomic E-state index is 0.0615. The Morgan fingerprint density at radius 2 is 1.08 bits per heavy atom. The molecular formula is C45H26N4O2. The number of benzene rings is 7. The minimum atomic E-state index is -0.500. The van der Waals surface area contributed by atoms with Gasteiger partial charge >= 0.3 is 0 Å². The predicted octanol–water partition coefficient (Wildman–Crippen LogP) is 11.8. The van der Waals surface area contributed by atoms with Crippen molar-refractivity contribution in [1.29, 1.82) is 0 Å². The zero-order valence-corrected chi connectivity index (χ0v) is 26.7. The Morgan fingerprint density at radius 1 is 0.471 bits per heavy atom. The smallest absolute Gasteiger partial charge is 0.167 e. The maximum absolute atomic E-state index is 8.81. The normalized spacial score (nSPS) is 13.3. The first kappa shape index (κ1) is 23.3. The summed E-state index contributed by atoms with van der Waals surface area (Å²) in [6, 6.07) is 39.7. The van der Waals surface area contributed by atoms with Gasteiger partial charge in [0.1, 0.15) is 22.3 Å². The van der Waals surface area contributed by atoms with Crippen LogP contribution in [0.1, 0.15) is 6.85 Å². The standard InChI is InChI=1S/C45H26N4O2/c1-2-12-27(13-3-1)43-46-44(33-18-11-23-40-41(33)32-16-6-9-22-38(32)50-40)48-45(47-43)34-19-10-17-31-35-26-28(24-25-39(35)51-42(31)34)49-36-20-7-4-14-29(36)30-15-5-8-21-37(30)49/h1-26H/i1D,2D,3D,12D,13D. The summed E-state index contributed by atoms with van der Waals surface area (Å²) in [7, 11) is 0. The summed E-state index contributed by atoms with van der Waals surface area (Å²) >= 11 is 0. The van der Waals surface area contributed by atoms with Crippen LogP contribution in [0.5, 0.6) is 0 Å². The van der Waals surface area contributed by atoms with Crippen LogP contribution in [0, 0.1) is 0 Å². The maximum Gasteiger partial charge on any atom is 0.167 e. The average molecular weight is 660 g/mol. The molecule has 4 heterocycles. The summed E-state index contributed by atoms with van der Waals surface area (Å²) in [5, 5.41) is 5.73. The molecule has 0 saturated carbocycles. The van der Waals surface area contributed by atoms with Gasteiger partial charge in [-0.15, -0.1) is 0 Å². The van der Waals surface area contributed by atoms with Gasteiger partial charge in [0.2, 0.25) is 0 Å². The molecule has 238 valence electrons. The number of hydrogen-bond acceptors (Lipinski definition) is 5. The number of fused-ring (bicyclic) bond motifs is 9. The lowest BCUT2D eigenvalue weighted by Gasteiger charge is -2.09. The van der Waals surface area contributed by atoms with Gasteiger partial charge in [0.05, 0.1) is 23.5 Å². The monoisotopic (exact) mass is 659 g/mol. The molecule has 0 bridgehead atoms. The molecule has 6 nitrogen and oxygen atoms in total. The molecule has 6 heteroatoms.